The third-order valence-electron chi connectivity index (χ3n) is 3.40. The van der Waals surface area contributed by atoms with Gasteiger partial charge >= 0.3 is 0 Å². The van der Waals surface area contributed by atoms with E-state index in [0.717, 1.165) is 33.2 Å². The Kier molecular flexibility index (Phi) is 3.03. The Hall–Kier alpha value is -2.20. The van der Waals surface area contributed by atoms with E-state index in [1.807, 2.05) is 48.1 Å². The highest BCUT2D eigenvalue weighted by molar-refractivity contribution is 7.17. The van der Waals surface area contributed by atoms with Gasteiger partial charge in [0.05, 0.1) is 4.88 Å². The molecule has 20 heavy (non-hydrogen) atoms. The largest absolute Gasteiger partial charge is 0.350 e. The number of Topliss-reactive ketones (excluding diaryl/α,β-unsaturated/α-hetero) is 1. The zero-order valence-corrected chi connectivity index (χ0v) is 12.0. The van der Waals surface area contributed by atoms with E-state index in [-0.39, 0.29) is 5.78 Å². The molecule has 3 nitrogen and oxygen atoms in total. The maximum atomic E-state index is 11.7. The van der Waals surface area contributed by atoms with E-state index >= 15 is 0 Å². The molecule has 0 unspecified atom stereocenters. The molecular formula is C16H13NO2S. The first-order valence-electron chi connectivity index (χ1n) is 6.25. The molecule has 0 bridgehead atoms. The number of hydrogen-bond acceptors (Lipinski definition) is 3. The predicted molar refractivity (Wildman–Crippen MR) is 81.6 cm³/mol. The number of carbonyl (C=O) groups excluding carboxylic acids is 2. The van der Waals surface area contributed by atoms with Crippen molar-refractivity contribution in [3.63, 3.8) is 0 Å². The van der Waals surface area contributed by atoms with E-state index in [1.54, 1.807) is 6.92 Å². The van der Waals surface area contributed by atoms with Crippen LogP contribution < -0.4 is 0 Å². The molecule has 2 aromatic heterocycles. The van der Waals surface area contributed by atoms with Gasteiger partial charge in [-0.05, 0) is 36.8 Å². The van der Waals surface area contributed by atoms with Gasteiger partial charge in [-0.2, -0.15) is 0 Å². The Balaban J connectivity index is 2.21. The molecule has 1 aromatic carbocycles. The zero-order chi connectivity index (χ0) is 14.3. The molecule has 3 rings (SSSR count). The third kappa shape index (κ3) is 1.98. The number of carbonyl (C=O) groups is 2. The normalized spacial score (nSPS) is 10.9. The molecule has 0 saturated heterocycles. The Morgan fingerprint density at radius 3 is 2.70 bits per heavy atom. The van der Waals surface area contributed by atoms with Crippen LogP contribution in [-0.4, -0.2) is 16.6 Å². The highest BCUT2D eigenvalue weighted by Crippen LogP contribution is 2.31. The number of nitrogens with zero attached hydrogens (tertiary/aromatic N) is 1. The summed E-state index contributed by atoms with van der Waals surface area (Å²) in [6.07, 6.45) is 2.72. The summed E-state index contributed by atoms with van der Waals surface area (Å²) in [6, 6.07) is 9.80. The topological polar surface area (TPSA) is 39.1 Å². The van der Waals surface area contributed by atoms with E-state index in [9.17, 15) is 9.59 Å². The molecule has 0 saturated carbocycles. The van der Waals surface area contributed by atoms with Crippen molar-refractivity contribution in [1.82, 2.24) is 4.57 Å². The van der Waals surface area contributed by atoms with Crippen LogP contribution in [0.25, 0.3) is 21.3 Å². The minimum atomic E-state index is 0.0625. The van der Waals surface area contributed by atoms with Gasteiger partial charge in [0, 0.05) is 34.6 Å². The van der Waals surface area contributed by atoms with E-state index in [4.69, 9.17) is 0 Å². The molecule has 0 aliphatic carbocycles. The van der Waals surface area contributed by atoms with E-state index in [1.165, 1.54) is 11.3 Å². The quantitative estimate of drug-likeness (QED) is 0.540. The highest BCUT2D eigenvalue weighted by Gasteiger charge is 2.12. The molecule has 0 atom stereocenters. The van der Waals surface area contributed by atoms with Gasteiger partial charge in [-0.15, -0.1) is 11.3 Å². The zero-order valence-electron chi connectivity index (χ0n) is 11.2. The average molecular weight is 283 g/mol. The van der Waals surface area contributed by atoms with Crippen LogP contribution in [0.5, 0.6) is 0 Å². The summed E-state index contributed by atoms with van der Waals surface area (Å²) in [7, 11) is 1.93. The van der Waals surface area contributed by atoms with Crippen molar-refractivity contribution in [3.8, 4) is 10.4 Å². The van der Waals surface area contributed by atoms with Gasteiger partial charge in [-0.1, -0.05) is 6.07 Å². The van der Waals surface area contributed by atoms with Crippen molar-refractivity contribution in [1.29, 1.82) is 0 Å². The van der Waals surface area contributed by atoms with Gasteiger partial charge in [0.1, 0.15) is 0 Å². The van der Waals surface area contributed by atoms with E-state index in [0.29, 0.717) is 4.88 Å². The fourth-order valence-electron chi connectivity index (χ4n) is 2.40. The number of aldehydes is 1. The van der Waals surface area contributed by atoms with Crippen molar-refractivity contribution in [2.24, 2.45) is 7.05 Å². The molecule has 3 aromatic rings. The van der Waals surface area contributed by atoms with Crippen LogP contribution in [0.3, 0.4) is 0 Å². The maximum Gasteiger partial charge on any atom is 0.161 e. The lowest BCUT2D eigenvalue weighted by atomic mass is 10.1. The molecule has 2 heterocycles. The monoisotopic (exact) mass is 283 g/mol. The fraction of sp³-hybridized carbons (Fsp3) is 0.125. The van der Waals surface area contributed by atoms with Crippen molar-refractivity contribution >= 4 is 34.3 Å². The SMILES string of the molecule is CC(=O)c1cn(C)c2ccc(-c3ccc(C=O)s3)cc12. The number of rotatable bonds is 3. The van der Waals surface area contributed by atoms with Crippen molar-refractivity contribution in [3.05, 3.63) is 47.0 Å². The number of benzene rings is 1. The van der Waals surface area contributed by atoms with Gasteiger partial charge in [0.25, 0.3) is 0 Å². The lowest BCUT2D eigenvalue weighted by Crippen LogP contribution is -1.89. The highest BCUT2D eigenvalue weighted by atomic mass is 32.1. The number of ketones is 1. The average Bonchev–Trinajstić information content (AvgIpc) is 3.03. The predicted octanol–water partition coefficient (Wildman–Crippen LogP) is 3.92. The van der Waals surface area contributed by atoms with E-state index < -0.39 is 0 Å². The molecule has 0 aliphatic heterocycles. The Bertz CT molecular complexity index is 826. The summed E-state index contributed by atoms with van der Waals surface area (Å²) in [5.41, 5.74) is 2.80. The van der Waals surface area contributed by atoms with Gasteiger partial charge in [0.15, 0.2) is 12.1 Å². The minimum Gasteiger partial charge on any atom is -0.350 e. The summed E-state index contributed by atoms with van der Waals surface area (Å²) in [5.74, 6) is 0.0625. The lowest BCUT2D eigenvalue weighted by Gasteiger charge is -2.00. The first-order valence-corrected chi connectivity index (χ1v) is 7.07. The summed E-state index contributed by atoms with van der Waals surface area (Å²) in [4.78, 5) is 24.2. The molecule has 4 heteroatoms. The van der Waals surface area contributed by atoms with Crippen LogP contribution >= 0.6 is 11.3 Å². The second-order valence-electron chi connectivity index (χ2n) is 4.76. The Morgan fingerprint density at radius 2 is 2.05 bits per heavy atom. The summed E-state index contributed by atoms with van der Waals surface area (Å²) in [6.45, 7) is 1.58. The van der Waals surface area contributed by atoms with Gasteiger partial charge in [-0.3, -0.25) is 9.59 Å². The van der Waals surface area contributed by atoms with Crippen LogP contribution in [0.4, 0.5) is 0 Å². The Labute approximate surface area is 120 Å². The van der Waals surface area contributed by atoms with E-state index in [2.05, 4.69) is 0 Å². The second kappa shape index (κ2) is 4.72. The molecule has 100 valence electrons. The number of thiophene rings is 1. The van der Waals surface area contributed by atoms with Crippen molar-refractivity contribution < 1.29 is 9.59 Å². The standard InChI is InChI=1S/C16H13NO2S/c1-10(19)14-8-17(2)15-5-3-11(7-13(14)15)16-6-4-12(9-18)20-16/h3-9H,1-2H3. The lowest BCUT2D eigenvalue weighted by molar-refractivity contribution is 0.101. The third-order valence-corrected chi connectivity index (χ3v) is 4.46. The molecular weight excluding hydrogens is 270 g/mol. The van der Waals surface area contributed by atoms with Crippen LogP contribution in [0, 0.1) is 0 Å². The maximum absolute atomic E-state index is 11.7. The summed E-state index contributed by atoms with van der Waals surface area (Å²) in [5, 5.41) is 0.957. The smallest absolute Gasteiger partial charge is 0.161 e. The molecule has 0 amide bonds. The van der Waals surface area contributed by atoms with Gasteiger partial charge < -0.3 is 4.57 Å². The van der Waals surface area contributed by atoms with Crippen LogP contribution in [-0.2, 0) is 7.05 Å². The van der Waals surface area contributed by atoms with Crippen molar-refractivity contribution in [2.75, 3.05) is 0 Å². The molecule has 0 N–H and O–H groups in total. The van der Waals surface area contributed by atoms with Crippen LogP contribution in [0.2, 0.25) is 0 Å². The number of aromatic nitrogens is 1. The van der Waals surface area contributed by atoms with Crippen molar-refractivity contribution in [2.45, 2.75) is 6.92 Å². The van der Waals surface area contributed by atoms with Crippen LogP contribution in [0.1, 0.15) is 27.0 Å². The molecule has 0 aliphatic rings. The van der Waals surface area contributed by atoms with Gasteiger partial charge in [0.2, 0.25) is 0 Å². The fourth-order valence-corrected chi connectivity index (χ4v) is 3.22. The minimum absolute atomic E-state index is 0.0625. The van der Waals surface area contributed by atoms with Crippen LogP contribution in [0.15, 0.2) is 36.5 Å². The second-order valence-corrected chi connectivity index (χ2v) is 5.88. The Morgan fingerprint density at radius 1 is 1.25 bits per heavy atom. The first kappa shape index (κ1) is 12.8. The summed E-state index contributed by atoms with van der Waals surface area (Å²) < 4.78 is 1.96. The first-order chi connectivity index (χ1) is 9.60. The number of fused-ring (bicyclic) bond motifs is 1. The van der Waals surface area contributed by atoms with Gasteiger partial charge in [-0.25, -0.2) is 0 Å². The number of hydrogen-bond donors (Lipinski definition) is 0. The molecule has 0 spiro atoms. The molecule has 0 radical (unpaired) electrons. The molecule has 0 fully saturated rings. The summed E-state index contributed by atoms with van der Waals surface area (Å²) >= 11 is 1.46. The number of aryl methyl sites for hydroxylation is 1.